The van der Waals surface area contributed by atoms with Crippen molar-refractivity contribution >= 4 is 0 Å². The molecule has 0 bridgehead atoms. The van der Waals surface area contributed by atoms with Crippen LogP contribution in [0, 0.1) is 28.6 Å². The average Bonchev–Trinajstić information content (AvgIpc) is 2.38. The van der Waals surface area contributed by atoms with Gasteiger partial charge in [-0.25, -0.2) is 0 Å². The molecule has 0 aromatic heterocycles. The van der Waals surface area contributed by atoms with E-state index in [1.165, 1.54) is 44.9 Å². The van der Waals surface area contributed by atoms with E-state index >= 15 is 0 Å². The van der Waals surface area contributed by atoms with Gasteiger partial charge in [0, 0.05) is 5.41 Å². The molecule has 3 aliphatic rings. The Hall–Kier alpha value is -0.520. The van der Waals surface area contributed by atoms with E-state index in [-0.39, 0.29) is 5.41 Å². The van der Waals surface area contributed by atoms with Crippen molar-refractivity contribution in [3.63, 3.8) is 0 Å². The molecule has 5 atom stereocenters. The SMILES string of the molecule is C=C[C@@]1(C)C=C2CCC3C(C)CCCC3(C)C2CC1. The van der Waals surface area contributed by atoms with E-state index in [0.717, 1.165) is 17.8 Å². The van der Waals surface area contributed by atoms with Gasteiger partial charge in [-0.2, -0.15) is 0 Å². The summed E-state index contributed by atoms with van der Waals surface area (Å²) in [7, 11) is 0. The smallest absolute Gasteiger partial charge is 0.00330 e. The van der Waals surface area contributed by atoms with E-state index < -0.39 is 0 Å². The zero-order valence-electron chi connectivity index (χ0n) is 13.0. The first-order chi connectivity index (χ1) is 8.98. The summed E-state index contributed by atoms with van der Waals surface area (Å²) in [5.41, 5.74) is 2.65. The zero-order chi connectivity index (χ0) is 13.7. The Bertz CT molecular complexity index is 404. The van der Waals surface area contributed by atoms with Gasteiger partial charge in [0.15, 0.2) is 0 Å². The summed E-state index contributed by atoms with van der Waals surface area (Å²) < 4.78 is 0. The van der Waals surface area contributed by atoms with E-state index in [0.29, 0.717) is 5.41 Å². The molecule has 4 unspecified atom stereocenters. The van der Waals surface area contributed by atoms with Gasteiger partial charge in [0.05, 0.1) is 0 Å². The number of rotatable bonds is 1. The van der Waals surface area contributed by atoms with Gasteiger partial charge in [-0.15, -0.1) is 6.58 Å². The molecule has 0 N–H and O–H groups in total. The van der Waals surface area contributed by atoms with Gasteiger partial charge in [0.1, 0.15) is 0 Å². The minimum atomic E-state index is 0.273. The topological polar surface area (TPSA) is 0 Å². The molecule has 0 saturated heterocycles. The molecule has 3 aliphatic carbocycles. The van der Waals surface area contributed by atoms with Crippen LogP contribution in [0.25, 0.3) is 0 Å². The van der Waals surface area contributed by atoms with Crippen LogP contribution in [0.1, 0.15) is 65.7 Å². The molecule has 0 heterocycles. The molecule has 2 fully saturated rings. The van der Waals surface area contributed by atoms with E-state index in [1.807, 2.05) is 0 Å². The molecule has 0 amide bonds. The van der Waals surface area contributed by atoms with Gasteiger partial charge in [-0.1, -0.05) is 51.3 Å². The van der Waals surface area contributed by atoms with Crippen molar-refractivity contribution in [3.05, 3.63) is 24.3 Å². The Balaban J connectivity index is 1.94. The second kappa shape index (κ2) is 4.50. The fourth-order valence-corrected chi connectivity index (χ4v) is 5.61. The van der Waals surface area contributed by atoms with Crippen molar-refractivity contribution in [1.82, 2.24) is 0 Å². The van der Waals surface area contributed by atoms with Gasteiger partial charge in [0.25, 0.3) is 0 Å². The van der Waals surface area contributed by atoms with Crippen LogP contribution in [0.5, 0.6) is 0 Å². The number of hydrogen-bond donors (Lipinski definition) is 0. The highest BCUT2D eigenvalue weighted by Crippen LogP contribution is 2.60. The Morgan fingerprint density at radius 3 is 2.74 bits per heavy atom. The van der Waals surface area contributed by atoms with E-state index in [9.17, 15) is 0 Å². The van der Waals surface area contributed by atoms with Gasteiger partial charge >= 0.3 is 0 Å². The van der Waals surface area contributed by atoms with Crippen molar-refractivity contribution in [3.8, 4) is 0 Å². The molecule has 0 aromatic rings. The van der Waals surface area contributed by atoms with Crippen LogP contribution in [0.2, 0.25) is 0 Å². The third-order valence-corrected chi connectivity index (χ3v) is 6.85. The lowest BCUT2D eigenvalue weighted by atomic mass is 9.49. The molecular weight excluding hydrogens is 228 g/mol. The van der Waals surface area contributed by atoms with Crippen LogP contribution in [-0.2, 0) is 0 Å². The third kappa shape index (κ3) is 2.03. The second-order valence-corrected chi connectivity index (χ2v) is 8.04. The van der Waals surface area contributed by atoms with Crippen LogP contribution in [0.15, 0.2) is 24.3 Å². The highest BCUT2D eigenvalue weighted by atomic mass is 14.5. The first-order valence-electron chi connectivity index (χ1n) is 8.34. The van der Waals surface area contributed by atoms with Crippen LogP contribution < -0.4 is 0 Å². The van der Waals surface area contributed by atoms with E-state index in [4.69, 9.17) is 0 Å². The van der Waals surface area contributed by atoms with Crippen LogP contribution in [0.4, 0.5) is 0 Å². The van der Waals surface area contributed by atoms with Gasteiger partial charge < -0.3 is 0 Å². The maximum absolute atomic E-state index is 4.06. The summed E-state index contributed by atoms with van der Waals surface area (Å²) in [6.45, 7) is 11.5. The fraction of sp³-hybridized carbons (Fsp3) is 0.789. The lowest BCUT2D eigenvalue weighted by Crippen LogP contribution is -2.47. The molecule has 106 valence electrons. The number of hydrogen-bond acceptors (Lipinski definition) is 0. The van der Waals surface area contributed by atoms with Crippen molar-refractivity contribution in [1.29, 1.82) is 0 Å². The highest BCUT2D eigenvalue weighted by Gasteiger charge is 2.50. The molecular formula is C19H30. The van der Waals surface area contributed by atoms with Crippen molar-refractivity contribution in [2.24, 2.45) is 28.6 Å². The fourth-order valence-electron chi connectivity index (χ4n) is 5.61. The minimum Gasteiger partial charge on any atom is -0.102 e. The molecule has 0 radical (unpaired) electrons. The van der Waals surface area contributed by atoms with Crippen molar-refractivity contribution in [2.75, 3.05) is 0 Å². The second-order valence-electron chi connectivity index (χ2n) is 8.04. The Labute approximate surface area is 119 Å². The summed E-state index contributed by atoms with van der Waals surface area (Å²) >= 11 is 0. The summed E-state index contributed by atoms with van der Waals surface area (Å²) in [6, 6.07) is 0. The Kier molecular flexibility index (Phi) is 3.19. The normalized spacial score (nSPS) is 49.8. The standard InChI is InChI=1S/C19H30/c1-5-18(3)12-10-17-15(13-18)8-9-16-14(2)7-6-11-19(16,17)4/h5,13-14,16-17H,1,6-12H2,2-4H3/t14?,16?,17?,18-,19?/m1/s1. The van der Waals surface area contributed by atoms with Gasteiger partial charge in [-0.3, -0.25) is 0 Å². The lowest BCUT2D eigenvalue weighted by Gasteiger charge is -2.56. The van der Waals surface area contributed by atoms with Crippen molar-refractivity contribution < 1.29 is 0 Å². The molecule has 2 saturated carbocycles. The first kappa shape index (κ1) is 13.5. The summed E-state index contributed by atoms with van der Waals surface area (Å²) in [5, 5.41) is 0. The maximum Gasteiger partial charge on any atom is 0.00330 e. The third-order valence-electron chi connectivity index (χ3n) is 6.85. The number of allylic oxidation sites excluding steroid dienone is 3. The first-order valence-corrected chi connectivity index (χ1v) is 8.34. The predicted octanol–water partition coefficient (Wildman–Crippen LogP) is 5.75. The molecule has 0 nitrogen and oxygen atoms in total. The van der Waals surface area contributed by atoms with E-state index in [1.54, 1.807) is 5.57 Å². The monoisotopic (exact) mass is 258 g/mol. The maximum atomic E-state index is 4.06. The Morgan fingerprint density at radius 1 is 1.21 bits per heavy atom. The average molecular weight is 258 g/mol. The van der Waals surface area contributed by atoms with Crippen molar-refractivity contribution in [2.45, 2.75) is 65.7 Å². The summed E-state index contributed by atoms with van der Waals surface area (Å²) in [5.74, 6) is 2.81. The number of fused-ring (bicyclic) bond motifs is 3. The molecule has 19 heavy (non-hydrogen) atoms. The molecule has 0 heteroatoms. The van der Waals surface area contributed by atoms with E-state index in [2.05, 4.69) is 39.5 Å². The molecule has 0 aromatic carbocycles. The van der Waals surface area contributed by atoms with Gasteiger partial charge in [-0.05, 0) is 55.3 Å². The van der Waals surface area contributed by atoms with Gasteiger partial charge in [0.2, 0.25) is 0 Å². The molecule has 0 spiro atoms. The molecule has 3 rings (SSSR count). The van der Waals surface area contributed by atoms with Crippen LogP contribution in [-0.4, -0.2) is 0 Å². The summed E-state index contributed by atoms with van der Waals surface area (Å²) in [6.07, 6.45) is 14.7. The highest BCUT2D eigenvalue weighted by molar-refractivity contribution is 5.25. The lowest BCUT2D eigenvalue weighted by molar-refractivity contribution is -0.0134. The predicted molar refractivity (Wildman–Crippen MR) is 83.0 cm³/mol. The van der Waals surface area contributed by atoms with Crippen LogP contribution in [0.3, 0.4) is 0 Å². The minimum absolute atomic E-state index is 0.273. The molecule has 0 aliphatic heterocycles. The Morgan fingerprint density at radius 2 is 2.00 bits per heavy atom. The quantitative estimate of drug-likeness (QED) is 0.525. The summed E-state index contributed by atoms with van der Waals surface area (Å²) in [4.78, 5) is 0. The van der Waals surface area contributed by atoms with Crippen LogP contribution >= 0.6 is 0 Å². The largest absolute Gasteiger partial charge is 0.102 e. The zero-order valence-corrected chi connectivity index (χ0v) is 13.0.